The van der Waals surface area contributed by atoms with E-state index >= 15 is 0 Å². The van der Waals surface area contributed by atoms with Crippen molar-refractivity contribution in [2.45, 2.75) is 70.4 Å². The molecule has 0 saturated heterocycles. The quantitative estimate of drug-likeness (QED) is 0.848. The topological polar surface area (TPSA) is 60.2 Å². The Morgan fingerprint density at radius 1 is 1.24 bits per heavy atom. The van der Waals surface area contributed by atoms with Gasteiger partial charge in [0.1, 0.15) is 0 Å². The normalized spacial score (nSPS) is 31.5. The molecule has 17 heavy (non-hydrogen) atoms. The molecule has 3 nitrogen and oxygen atoms in total. The number of hydrogen-bond donors (Lipinski definition) is 1. The predicted molar refractivity (Wildman–Crippen MR) is 72.6 cm³/mol. The molecule has 0 amide bonds. The Morgan fingerprint density at radius 3 is 2.24 bits per heavy atom. The highest BCUT2D eigenvalue weighted by molar-refractivity contribution is 7.92. The number of hydrogen-bond acceptors (Lipinski definition) is 3. The Kier molecular flexibility index (Phi) is 4.30. The summed E-state index contributed by atoms with van der Waals surface area (Å²) in [5, 5.41) is -0.656. The third-order valence-corrected chi connectivity index (χ3v) is 7.45. The van der Waals surface area contributed by atoms with E-state index in [-0.39, 0.29) is 27.9 Å². The molecule has 0 heterocycles. The highest BCUT2D eigenvalue weighted by atomic mass is 32.2. The summed E-state index contributed by atoms with van der Waals surface area (Å²) >= 11 is 0. The molecule has 1 rings (SSSR count). The fraction of sp³-hybridized carbons (Fsp3) is 1.00. The Balaban J connectivity index is 3.00. The van der Waals surface area contributed by atoms with Crippen molar-refractivity contribution in [2.24, 2.45) is 17.1 Å². The Morgan fingerprint density at radius 2 is 1.76 bits per heavy atom. The first-order chi connectivity index (χ1) is 7.60. The number of rotatable bonds is 3. The van der Waals surface area contributed by atoms with E-state index in [1.807, 2.05) is 20.8 Å². The molecule has 102 valence electrons. The lowest BCUT2D eigenvalue weighted by Gasteiger charge is -2.42. The molecule has 0 aromatic rings. The van der Waals surface area contributed by atoms with Crippen molar-refractivity contribution >= 4 is 9.84 Å². The van der Waals surface area contributed by atoms with Crippen LogP contribution in [-0.4, -0.2) is 25.0 Å². The van der Waals surface area contributed by atoms with Crippen molar-refractivity contribution in [3.8, 4) is 0 Å². The molecule has 0 spiro atoms. The maximum absolute atomic E-state index is 12.5. The third kappa shape index (κ3) is 2.84. The average Bonchev–Trinajstić information content (AvgIpc) is 2.20. The summed E-state index contributed by atoms with van der Waals surface area (Å²) in [6.45, 7) is 9.90. The molecule has 0 radical (unpaired) electrons. The first kappa shape index (κ1) is 15.0. The van der Waals surface area contributed by atoms with Crippen molar-refractivity contribution in [2.75, 3.05) is 0 Å². The largest absolute Gasteiger partial charge is 0.326 e. The first-order valence-electron chi connectivity index (χ1n) is 6.59. The van der Waals surface area contributed by atoms with Crippen LogP contribution < -0.4 is 5.73 Å². The maximum Gasteiger partial charge on any atom is 0.157 e. The highest BCUT2D eigenvalue weighted by Crippen LogP contribution is 2.38. The second-order valence-corrected chi connectivity index (χ2v) is 9.01. The van der Waals surface area contributed by atoms with Crippen LogP contribution in [0.3, 0.4) is 0 Å². The minimum atomic E-state index is -3.11. The van der Waals surface area contributed by atoms with Gasteiger partial charge in [-0.2, -0.15) is 0 Å². The molecule has 3 atom stereocenters. The smallest absolute Gasteiger partial charge is 0.157 e. The first-order valence-corrected chi connectivity index (χ1v) is 8.20. The van der Waals surface area contributed by atoms with E-state index in [9.17, 15) is 8.42 Å². The second kappa shape index (κ2) is 4.88. The lowest BCUT2D eigenvalue weighted by atomic mass is 9.73. The molecule has 2 N–H and O–H groups in total. The molecule has 3 unspecified atom stereocenters. The van der Waals surface area contributed by atoms with E-state index in [0.717, 1.165) is 19.3 Å². The molecular formula is C13H27NO2S. The van der Waals surface area contributed by atoms with Gasteiger partial charge in [0.2, 0.25) is 0 Å². The van der Waals surface area contributed by atoms with E-state index in [4.69, 9.17) is 5.73 Å². The van der Waals surface area contributed by atoms with Crippen LogP contribution in [-0.2, 0) is 9.84 Å². The van der Waals surface area contributed by atoms with E-state index in [2.05, 4.69) is 13.8 Å². The Hall–Kier alpha value is -0.0900. The SMILES string of the molecule is CC(C)C(C)S(=O)(=O)C1CCCC(C)(C)C1N. The second-order valence-electron chi connectivity index (χ2n) is 6.48. The van der Waals surface area contributed by atoms with Gasteiger partial charge in [0.25, 0.3) is 0 Å². The van der Waals surface area contributed by atoms with Gasteiger partial charge in [-0.15, -0.1) is 0 Å². The summed E-state index contributed by atoms with van der Waals surface area (Å²) in [5.74, 6) is 0.150. The number of sulfone groups is 1. The molecule has 0 aliphatic heterocycles. The zero-order chi connectivity index (χ0) is 13.4. The highest BCUT2D eigenvalue weighted by Gasteiger charge is 2.45. The van der Waals surface area contributed by atoms with Crippen LogP contribution in [0.15, 0.2) is 0 Å². The lowest BCUT2D eigenvalue weighted by molar-refractivity contribution is 0.203. The van der Waals surface area contributed by atoms with Crippen molar-refractivity contribution < 1.29 is 8.42 Å². The van der Waals surface area contributed by atoms with E-state index in [1.165, 1.54) is 0 Å². The Labute approximate surface area is 106 Å². The third-order valence-electron chi connectivity index (χ3n) is 4.49. The van der Waals surface area contributed by atoms with Crippen molar-refractivity contribution in [1.82, 2.24) is 0 Å². The molecule has 0 aromatic heterocycles. The van der Waals surface area contributed by atoms with Crippen LogP contribution in [0.1, 0.15) is 53.9 Å². The molecule has 1 aliphatic carbocycles. The minimum absolute atomic E-state index is 0.0628. The van der Waals surface area contributed by atoms with Gasteiger partial charge in [-0.3, -0.25) is 0 Å². The summed E-state index contributed by atoms with van der Waals surface area (Å²) in [6.07, 6.45) is 2.72. The zero-order valence-electron chi connectivity index (χ0n) is 11.7. The zero-order valence-corrected chi connectivity index (χ0v) is 12.5. The van der Waals surface area contributed by atoms with Crippen LogP contribution in [0.2, 0.25) is 0 Å². The van der Waals surface area contributed by atoms with Gasteiger partial charge < -0.3 is 5.73 Å². The van der Waals surface area contributed by atoms with Gasteiger partial charge in [-0.1, -0.05) is 34.1 Å². The summed E-state index contributed by atoms with van der Waals surface area (Å²) < 4.78 is 25.1. The van der Waals surface area contributed by atoms with Crippen molar-refractivity contribution in [1.29, 1.82) is 0 Å². The van der Waals surface area contributed by atoms with E-state index < -0.39 is 9.84 Å². The van der Waals surface area contributed by atoms with Crippen LogP contribution in [0.4, 0.5) is 0 Å². The summed E-state index contributed by atoms with van der Waals surface area (Å²) in [6, 6.07) is -0.234. The number of nitrogens with two attached hydrogens (primary N) is 1. The van der Waals surface area contributed by atoms with Gasteiger partial charge in [-0.05, 0) is 31.1 Å². The predicted octanol–water partition coefficient (Wildman–Crippen LogP) is 2.35. The molecule has 0 bridgehead atoms. The van der Waals surface area contributed by atoms with Gasteiger partial charge in [0.05, 0.1) is 10.5 Å². The standard InChI is InChI=1S/C13H27NO2S/c1-9(2)10(3)17(15,16)11-7-6-8-13(4,5)12(11)14/h9-12H,6-8,14H2,1-5H3. The fourth-order valence-corrected chi connectivity index (χ4v) is 5.21. The minimum Gasteiger partial charge on any atom is -0.326 e. The molecule has 1 fully saturated rings. The Bertz CT molecular complexity index is 360. The fourth-order valence-electron chi connectivity index (χ4n) is 2.63. The van der Waals surface area contributed by atoms with E-state index in [0.29, 0.717) is 0 Å². The van der Waals surface area contributed by atoms with Crippen LogP contribution >= 0.6 is 0 Å². The monoisotopic (exact) mass is 261 g/mol. The maximum atomic E-state index is 12.5. The summed E-state index contributed by atoms with van der Waals surface area (Å²) in [4.78, 5) is 0. The van der Waals surface area contributed by atoms with Crippen LogP contribution in [0.25, 0.3) is 0 Å². The van der Waals surface area contributed by atoms with Crippen molar-refractivity contribution in [3.05, 3.63) is 0 Å². The van der Waals surface area contributed by atoms with Crippen LogP contribution in [0.5, 0.6) is 0 Å². The average molecular weight is 261 g/mol. The lowest BCUT2D eigenvalue weighted by Crippen LogP contribution is -2.54. The summed E-state index contributed by atoms with van der Waals surface area (Å²) in [5.41, 5.74) is 6.14. The van der Waals surface area contributed by atoms with Crippen LogP contribution in [0, 0.1) is 11.3 Å². The van der Waals surface area contributed by atoms with Gasteiger partial charge >= 0.3 is 0 Å². The van der Waals surface area contributed by atoms with E-state index in [1.54, 1.807) is 0 Å². The van der Waals surface area contributed by atoms with Gasteiger partial charge in [0, 0.05) is 6.04 Å². The van der Waals surface area contributed by atoms with Gasteiger partial charge in [-0.25, -0.2) is 8.42 Å². The molecule has 1 aliphatic rings. The molecule has 4 heteroatoms. The van der Waals surface area contributed by atoms with Crippen molar-refractivity contribution in [3.63, 3.8) is 0 Å². The molecule has 1 saturated carbocycles. The molecule has 0 aromatic carbocycles. The van der Waals surface area contributed by atoms with Gasteiger partial charge in [0.15, 0.2) is 9.84 Å². The summed E-state index contributed by atoms with van der Waals surface area (Å²) in [7, 11) is -3.11. The molecular weight excluding hydrogens is 234 g/mol.